The maximum Gasteiger partial charge on any atom is 0.311 e. The SMILES string of the molecule is CCN(CC)Cc1cc(N=Nc2ccc([N+](=O)[O-])c(OC)c2)c2ccccc2c1O.Cl. The van der Waals surface area contributed by atoms with E-state index in [-0.39, 0.29) is 29.6 Å². The van der Waals surface area contributed by atoms with E-state index >= 15 is 0 Å². The molecule has 3 rings (SSSR count). The first-order chi connectivity index (χ1) is 14.5. The van der Waals surface area contributed by atoms with Gasteiger partial charge in [-0.2, -0.15) is 5.11 Å². The number of hydrogen-bond donors (Lipinski definition) is 1. The van der Waals surface area contributed by atoms with Gasteiger partial charge in [0.2, 0.25) is 0 Å². The van der Waals surface area contributed by atoms with Gasteiger partial charge in [0, 0.05) is 35.0 Å². The van der Waals surface area contributed by atoms with Crippen molar-refractivity contribution in [2.24, 2.45) is 10.2 Å². The highest BCUT2D eigenvalue weighted by Crippen LogP contribution is 2.38. The van der Waals surface area contributed by atoms with Gasteiger partial charge in [0.25, 0.3) is 0 Å². The van der Waals surface area contributed by atoms with Gasteiger partial charge in [0.1, 0.15) is 5.75 Å². The lowest BCUT2D eigenvalue weighted by molar-refractivity contribution is -0.385. The first kappa shape index (κ1) is 24.0. The molecule has 0 aliphatic heterocycles. The molecule has 0 unspecified atom stereocenters. The van der Waals surface area contributed by atoms with Crippen LogP contribution in [0.1, 0.15) is 19.4 Å². The minimum Gasteiger partial charge on any atom is -0.507 e. The summed E-state index contributed by atoms with van der Waals surface area (Å²) in [5.41, 5.74) is 1.68. The Bertz CT molecular complexity index is 1100. The Balaban J connectivity index is 0.00000341. The molecule has 0 aliphatic rings. The Morgan fingerprint density at radius 2 is 1.74 bits per heavy atom. The van der Waals surface area contributed by atoms with Gasteiger partial charge in [-0.1, -0.05) is 38.1 Å². The quantitative estimate of drug-likeness (QED) is 0.255. The molecule has 0 radical (unpaired) electrons. The fourth-order valence-corrected chi connectivity index (χ4v) is 3.28. The lowest BCUT2D eigenvalue weighted by Gasteiger charge is -2.19. The summed E-state index contributed by atoms with van der Waals surface area (Å²) in [5.74, 6) is 0.364. The van der Waals surface area contributed by atoms with Crippen LogP contribution in [0.5, 0.6) is 11.5 Å². The molecule has 0 saturated heterocycles. The topological polar surface area (TPSA) is 101 Å². The number of nitrogens with zero attached hydrogens (tertiary/aromatic N) is 4. The number of hydrogen-bond acceptors (Lipinski definition) is 7. The van der Waals surface area contributed by atoms with E-state index in [4.69, 9.17) is 4.74 Å². The van der Waals surface area contributed by atoms with E-state index in [1.807, 2.05) is 30.3 Å². The molecule has 164 valence electrons. The van der Waals surface area contributed by atoms with Crippen LogP contribution in [-0.4, -0.2) is 35.1 Å². The summed E-state index contributed by atoms with van der Waals surface area (Å²) in [5, 5.41) is 32.0. The normalized spacial score (nSPS) is 11.1. The minimum atomic E-state index is -0.507. The van der Waals surface area contributed by atoms with Crippen LogP contribution in [0.15, 0.2) is 58.8 Å². The van der Waals surface area contributed by atoms with Crippen LogP contribution in [0.25, 0.3) is 10.8 Å². The van der Waals surface area contributed by atoms with E-state index in [2.05, 4.69) is 29.0 Å². The minimum absolute atomic E-state index is 0. The monoisotopic (exact) mass is 444 g/mol. The van der Waals surface area contributed by atoms with Crippen molar-refractivity contribution in [1.29, 1.82) is 0 Å². The number of ether oxygens (including phenoxy) is 1. The van der Waals surface area contributed by atoms with Crippen molar-refractivity contribution in [3.63, 3.8) is 0 Å². The summed E-state index contributed by atoms with van der Waals surface area (Å²) >= 11 is 0. The van der Waals surface area contributed by atoms with E-state index in [1.54, 1.807) is 0 Å². The molecule has 0 amide bonds. The summed E-state index contributed by atoms with van der Waals surface area (Å²) in [6.45, 7) is 6.47. The second kappa shape index (κ2) is 10.7. The van der Waals surface area contributed by atoms with E-state index in [1.165, 1.54) is 25.3 Å². The lowest BCUT2D eigenvalue weighted by atomic mass is 10.0. The molecule has 8 nitrogen and oxygen atoms in total. The number of benzene rings is 3. The Morgan fingerprint density at radius 3 is 2.35 bits per heavy atom. The van der Waals surface area contributed by atoms with Crippen LogP contribution in [-0.2, 0) is 6.54 Å². The third kappa shape index (κ3) is 5.28. The fourth-order valence-electron chi connectivity index (χ4n) is 3.28. The average Bonchev–Trinajstić information content (AvgIpc) is 2.77. The fraction of sp³-hybridized carbons (Fsp3) is 0.273. The summed E-state index contributed by atoms with van der Waals surface area (Å²) in [4.78, 5) is 12.8. The molecule has 0 aliphatic carbocycles. The van der Waals surface area contributed by atoms with Crippen molar-refractivity contribution in [2.45, 2.75) is 20.4 Å². The van der Waals surface area contributed by atoms with Crippen molar-refractivity contribution < 1.29 is 14.8 Å². The zero-order valence-electron chi connectivity index (χ0n) is 17.6. The highest BCUT2D eigenvalue weighted by molar-refractivity contribution is 5.97. The number of aromatic hydroxyl groups is 1. The van der Waals surface area contributed by atoms with E-state index < -0.39 is 4.92 Å². The molecule has 0 fully saturated rings. The van der Waals surface area contributed by atoms with Crippen molar-refractivity contribution in [3.8, 4) is 11.5 Å². The van der Waals surface area contributed by atoms with E-state index in [9.17, 15) is 15.2 Å². The van der Waals surface area contributed by atoms with Gasteiger partial charge in [0.15, 0.2) is 5.75 Å². The number of halogens is 1. The zero-order chi connectivity index (χ0) is 21.7. The maximum absolute atomic E-state index is 11.1. The molecule has 0 heterocycles. The Labute approximate surface area is 186 Å². The van der Waals surface area contributed by atoms with Gasteiger partial charge >= 0.3 is 5.69 Å². The predicted octanol–water partition coefficient (Wildman–Crippen LogP) is 6.14. The number of nitro benzene ring substituents is 1. The summed E-state index contributed by atoms with van der Waals surface area (Å²) < 4.78 is 5.09. The van der Waals surface area contributed by atoms with Gasteiger partial charge in [-0.15, -0.1) is 17.5 Å². The molecule has 31 heavy (non-hydrogen) atoms. The first-order valence-corrected chi connectivity index (χ1v) is 9.68. The van der Waals surface area contributed by atoms with Crippen LogP contribution >= 0.6 is 12.4 Å². The van der Waals surface area contributed by atoms with Crippen LogP contribution < -0.4 is 4.74 Å². The van der Waals surface area contributed by atoms with Gasteiger partial charge < -0.3 is 9.84 Å². The van der Waals surface area contributed by atoms with Gasteiger partial charge in [-0.05, 0) is 25.2 Å². The van der Waals surface area contributed by atoms with Crippen LogP contribution in [0.4, 0.5) is 17.1 Å². The Hall–Kier alpha value is -3.23. The van der Waals surface area contributed by atoms with Crippen LogP contribution in [0.2, 0.25) is 0 Å². The first-order valence-electron chi connectivity index (χ1n) is 9.68. The molecule has 0 saturated carbocycles. The third-order valence-corrected chi connectivity index (χ3v) is 4.99. The van der Waals surface area contributed by atoms with Gasteiger partial charge in [-0.3, -0.25) is 15.0 Å². The number of nitro groups is 1. The van der Waals surface area contributed by atoms with Crippen LogP contribution in [0.3, 0.4) is 0 Å². The molecule has 0 aromatic heterocycles. The molecule has 3 aromatic carbocycles. The van der Waals surface area contributed by atoms with Crippen molar-refractivity contribution in [1.82, 2.24) is 4.90 Å². The number of azo groups is 1. The van der Waals surface area contributed by atoms with Crippen molar-refractivity contribution >= 4 is 40.2 Å². The zero-order valence-corrected chi connectivity index (χ0v) is 18.4. The van der Waals surface area contributed by atoms with Gasteiger partial charge in [-0.25, -0.2) is 0 Å². The molecule has 0 spiro atoms. The predicted molar refractivity (Wildman–Crippen MR) is 123 cm³/mol. The molecule has 3 aromatic rings. The number of rotatable bonds is 8. The highest BCUT2D eigenvalue weighted by atomic mass is 35.5. The molecular formula is C22H25ClN4O4. The van der Waals surface area contributed by atoms with E-state index in [0.717, 1.165) is 24.0 Å². The average molecular weight is 445 g/mol. The van der Waals surface area contributed by atoms with Gasteiger partial charge in [0.05, 0.1) is 23.4 Å². The van der Waals surface area contributed by atoms with Crippen molar-refractivity contribution in [3.05, 3.63) is 64.2 Å². The summed E-state index contributed by atoms with van der Waals surface area (Å²) in [6.07, 6.45) is 0. The maximum atomic E-state index is 11.1. The van der Waals surface area contributed by atoms with E-state index in [0.29, 0.717) is 23.3 Å². The standard InChI is InChI=1S/C22H24N4O4.ClH/c1-4-25(5-2)14-15-12-19(17-8-6-7-9-18(17)22(15)27)24-23-16-10-11-20(26(28)29)21(13-16)30-3;/h6-13,27H,4-5,14H2,1-3H3;1H. The molecular weight excluding hydrogens is 420 g/mol. The second-order valence-corrected chi connectivity index (χ2v) is 6.72. The molecule has 0 atom stereocenters. The summed E-state index contributed by atoms with van der Waals surface area (Å²) in [6, 6.07) is 13.6. The van der Waals surface area contributed by atoms with Crippen molar-refractivity contribution in [2.75, 3.05) is 20.2 Å². The molecule has 9 heteroatoms. The third-order valence-electron chi connectivity index (χ3n) is 4.99. The Morgan fingerprint density at radius 1 is 1.06 bits per heavy atom. The number of phenolic OH excluding ortho intramolecular Hbond substituents is 1. The highest BCUT2D eigenvalue weighted by Gasteiger charge is 2.16. The van der Waals surface area contributed by atoms with Crippen LogP contribution in [0, 0.1) is 10.1 Å². The molecule has 0 bridgehead atoms. The summed E-state index contributed by atoms with van der Waals surface area (Å²) in [7, 11) is 1.37. The number of fused-ring (bicyclic) bond motifs is 1. The largest absolute Gasteiger partial charge is 0.507 e. The second-order valence-electron chi connectivity index (χ2n) is 6.72. The smallest absolute Gasteiger partial charge is 0.311 e. The Kier molecular flexibility index (Phi) is 8.30. The lowest BCUT2D eigenvalue weighted by Crippen LogP contribution is -2.22. The molecule has 1 N–H and O–H groups in total. The number of phenols is 1. The number of methoxy groups -OCH3 is 1.